The maximum Gasteiger partial charge on any atom is 0.259 e. The number of halogens is 2. The van der Waals surface area contributed by atoms with E-state index in [2.05, 4.69) is 5.32 Å². The fourth-order valence-electron chi connectivity index (χ4n) is 1.57. The molecule has 2 rings (SSSR count). The van der Waals surface area contributed by atoms with Crippen LogP contribution in [0.2, 0.25) is 5.02 Å². The van der Waals surface area contributed by atoms with Crippen molar-refractivity contribution >= 4 is 23.2 Å². The van der Waals surface area contributed by atoms with Gasteiger partial charge in [-0.1, -0.05) is 11.6 Å². The number of carbonyl (C=O) groups excluding carboxylic acids is 1. The minimum absolute atomic E-state index is 0.0683. The summed E-state index contributed by atoms with van der Waals surface area (Å²) < 4.78 is 13.6. The smallest absolute Gasteiger partial charge is 0.259 e. The van der Waals surface area contributed by atoms with E-state index in [-0.39, 0.29) is 27.6 Å². The van der Waals surface area contributed by atoms with Gasteiger partial charge in [-0.3, -0.25) is 4.79 Å². The molecule has 0 radical (unpaired) electrons. The number of amides is 1. The van der Waals surface area contributed by atoms with Crippen molar-refractivity contribution in [1.82, 2.24) is 0 Å². The first-order valence-electron chi connectivity index (χ1n) is 5.51. The van der Waals surface area contributed by atoms with E-state index in [0.29, 0.717) is 0 Å². The molecular weight excluding hydrogens is 283 g/mol. The van der Waals surface area contributed by atoms with E-state index in [0.717, 1.165) is 6.07 Å². The Hall–Kier alpha value is -2.58. The van der Waals surface area contributed by atoms with Crippen molar-refractivity contribution in [2.75, 3.05) is 5.32 Å². The van der Waals surface area contributed by atoms with Crippen molar-refractivity contribution in [3.8, 4) is 11.8 Å². The third-order valence-corrected chi connectivity index (χ3v) is 2.78. The molecule has 0 atom stereocenters. The van der Waals surface area contributed by atoms with Crippen molar-refractivity contribution in [2.24, 2.45) is 0 Å². The zero-order valence-electron chi connectivity index (χ0n) is 10.0. The molecule has 20 heavy (non-hydrogen) atoms. The molecule has 0 fully saturated rings. The molecule has 2 aromatic carbocycles. The van der Waals surface area contributed by atoms with Crippen LogP contribution in [0, 0.1) is 17.1 Å². The molecule has 2 N–H and O–H groups in total. The summed E-state index contributed by atoms with van der Waals surface area (Å²) in [6.45, 7) is 0. The van der Waals surface area contributed by atoms with Gasteiger partial charge in [0, 0.05) is 5.02 Å². The summed E-state index contributed by atoms with van der Waals surface area (Å²) in [5, 5.41) is 20.8. The molecule has 6 heteroatoms. The number of phenols is 1. The number of anilines is 1. The van der Waals surface area contributed by atoms with Crippen LogP contribution in [-0.4, -0.2) is 11.0 Å². The van der Waals surface area contributed by atoms with Crippen molar-refractivity contribution in [3.05, 3.63) is 58.4 Å². The Morgan fingerprint density at radius 3 is 2.70 bits per heavy atom. The highest BCUT2D eigenvalue weighted by molar-refractivity contribution is 6.31. The highest BCUT2D eigenvalue weighted by atomic mass is 35.5. The van der Waals surface area contributed by atoms with Crippen LogP contribution in [0.25, 0.3) is 0 Å². The lowest BCUT2D eigenvalue weighted by atomic mass is 10.1. The number of benzene rings is 2. The lowest BCUT2D eigenvalue weighted by Crippen LogP contribution is -2.13. The van der Waals surface area contributed by atoms with Gasteiger partial charge in [0.1, 0.15) is 11.6 Å². The predicted molar refractivity (Wildman–Crippen MR) is 72.2 cm³/mol. The van der Waals surface area contributed by atoms with E-state index in [1.54, 1.807) is 6.07 Å². The zero-order valence-corrected chi connectivity index (χ0v) is 10.8. The van der Waals surface area contributed by atoms with E-state index >= 15 is 0 Å². The molecule has 2 aromatic rings. The van der Waals surface area contributed by atoms with Crippen LogP contribution in [0.5, 0.6) is 5.75 Å². The molecule has 0 aliphatic heterocycles. The van der Waals surface area contributed by atoms with Gasteiger partial charge in [-0.05, 0) is 36.4 Å². The number of nitrogens with zero attached hydrogens (tertiary/aromatic N) is 1. The number of rotatable bonds is 2. The summed E-state index contributed by atoms with van der Waals surface area (Å²) in [5.74, 6) is -1.70. The fraction of sp³-hybridized carbons (Fsp3) is 0. The summed E-state index contributed by atoms with van der Waals surface area (Å²) >= 11 is 5.73. The van der Waals surface area contributed by atoms with E-state index < -0.39 is 11.7 Å². The van der Waals surface area contributed by atoms with E-state index in [9.17, 15) is 14.3 Å². The second kappa shape index (κ2) is 5.59. The average Bonchev–Trinajstić information content (AvgIpc) is 2.43. The lowest BCUT2D eigenvalue weighted by molar-refractivity contribution is 0.102. The van der Waals surface area contributed by atoms with Gasteiger partial charge in [-0.15, -0.1) is 0 Å². The molecule has 0 saturated carbocycles. The summed E-state index contributed by atoms with van der Waals surface area (Å²) in [4.78, 5) is 11.9. The molecule has 4 nitrogen and oxygen atoms in total. The third-order valence-electron chi connectivity index (χ3n) is 2.55. The van der Waals surface area contributed by atoms with Gasteiger partial charge in [0.05, 0.1) is 22.9 Å². The fourth-order valence-corrected chi connectivity index (χ4v) is 1.74. The molecule has 0 aliphatic carbocycles. The highest BCUT2D eigenvalue weighted by Crippen LogP contribution is 2.23. The van der Waals surface area contributed by atoms with Crippen LogP contribution >= 0.6 is 11.6 Å². The number of phenolic OH excluding ortho intramolecular Hbond substituents is 1. The monoisotopic (exact) mass is 290 g/mol. The van der Waals surface area contributed by atoms with Crippen LogP contribution in [-0.2, 0) is 0 Å². The van der Waals surface area contributed by atoms with Crippen molar-refractivity contribution in [3.63, 3.8) is 0 Å². The molecular formula is C14H8ClFN2O2. The summed E-state index contributed by atoms with van der Waals surface area (Å²) in [6.07, 6.45) is 0. The minimum atomic E-state index is -0.737. The number of carbonyl (C=O) groups is 1. The molecule has 0 aromatic heterocycles. The Balaban J connectivity index is 2.28. The normalized spacial score (nSPS) is 9.85. The van der Waals surface area contributed by atoms with Gasteiger partial charge in [0.25, 0.3) is 5.91 Å². The van der Waals surface area contributed by atoms with Crippen LogP contribution < -0.4 is 5.32 Å². The second-order valence-corrected chi connectivity index (χ2v) is 4.36. The third kappa shape index (κ3) is 2.87. The topological polar surface area (TPSA) is 73.1 Å². The molecule has 0 aliphatic rings. The van der Waals surface area contributed by atoms with Gasteiger partial charge in [0.15, 0.2) is 0 Å². The van der Waals surface area contributed by atoms with Crippen LogP contribution in [0.1, 0.15) is 15.9 Å². The SMILES string of the molecule is N#Cc1ccc(NC(=O)c2cc(Cl)ccc2O)c(F)c1. The van der Waals surface area contributed by atoms with Gasteiger partial charge < -0.3 is 10.4 Å². The zero-order chi connectivity index (χ0) is 14.7. The highest BCUT2D eigenvalue weighted by Gasteiger charge is 2.14. The number of aromatic hydroxyl groups is 1. The number of hydrogen-bond donors (Lipinski definition) is 2. The largest absolute Gasteiger partial charge is 0.507 e. The Morgan fingerprint density at radius 2 is 2.05 bits per heavy atom. The maximum atomic E-state index is 13.6. The van der Waals surface area contributed by atoms with E-state index in [4.69, 9.17) is 16.9 Å². The predicted octanol–water partition coefficient (Wildman–Crippen LogP) is 3.31. The molecule has 100 valence electrons. The first-order chi connectivity index (χ1) is 9.51. The molecule has 0 unspecified atom stereocenters. The number of hydrogen-bond acceptors (Lipinski definition) is 3. The van der Waals surface area contributed by atoms with Gasteiger partial charge in [-0.2, -0.15) is 5.26 Å². The van der Waals surface area contributed by atoms with Gasteiger partial charge in [-0.25, -0.2) is 4.39 Å². The Kier molecular flexibility index (Phi) is 3.87. The maximum absolute atomic E-state index is 13.6. The first kappa shape index (κ1) is 13.8. The van der Waals surface area contributed by atoms with Gasteiger partial charge >= 0.3 is 0 Å². The van der Waals surface area contributed by atoms with Crippen molar-refractivity contribution in [1.29, 1.82) is 5.26 Å². The lowest BCUT2D eigenvalue weighted by Gasteiger charge is -2.08. The van der Waals surface area contributed by atoms with Gasteiger partial charge in [0.2, 0.25) is 0 Å². The first-order valence-corrected chi connectivity index (χ1v) is 5.88. The van der Waals surface area contributed by atoms with E-state index in [1.807, 2.05) is 0 Å². The minimum Gasteiger partial charge on any atom is -0.507 e. The summed E-state index contributed by atoms with van der Waals surface area (Å²) in [6, 6.07) is 9.40. The molecule has 0 saturated heterocycles. The Morgan fingerprint density at radius 1 is 1.30 bits per heavy atom. The van der Waals surface area contributed by atoms with E-state index in [1.165, 1.54) is 30.3 Å². The van der Waals surface area contributed by atoms with Crippen molar-refractivity contribution in [2.45, 2.75) is 0 Å². The summed E-state index contributed by atoms with van der Waals surface area (Å²) in [7, 11) is 0. The Labute approximate surface area is 119 Å². The number of nitriles is 1. The molecule has 0 spiro atoms. The Bertz CT molecular complexity index is 726. The van der Waals surface area contributed by atoms with Crippen LogP contribution in [0.3, 0.4) is 0 Å². The van der Waals surface area contributed by atoms with Crippen molar-refractivity contribution < 1.29 is 14.3 Å². The quantitative estimate of drug-likeness (QED) is 0.891. The molecule has 0 heterocycles. The summed E-state index contributed by atoms with van der Waals surface area (Å²) in [5.41, 5.74) is -0.0132. The molecule has 0 bridgehead atoms. The van der Waals surface area contributed by atoms with Crippen LogP contribution in [0.15, 0.2) is 36.4 Å². The van der Waals surface area contributed by atoms with Crippen LogP contribution in [0.4, 0.5) is 10.1 Å². The standard InChI is InChI=1S/C14H8ClFN2O2/c15-9-2-4-13(19)10(6-9)14(20)18-12-3-1-8(7-17)5-11(12)16/h1-6,19H,(H,18,20). The molecule has 1 amide bonds. The number of nitrogens with one attached hydrogen (secondary N) is 1. The average molecular weight is 291 g/mol. The second-order valence-electron chi connectivity index (χ2n) is 3.92.